The molecule has 1 atom stereocenters. The number of nitrogens with zero attached hydrogens (tertiary/aromatic N) is 2. The molecule has 184 valence electrons. The van der Waals surface area contributed by atoms with Gasteiger partial charge in [-0.2, -0.15) is 12.8 Å². The number of hydrogen-bond donors (Lipinski definition) is 4. The first kappa shape index (κ1) is 24.9. The number of carbonyl (C=O) groups is 3. The van der Waals surface area contributed by atoms with Crippen LogP contribution in [-0.4, -0.2) is 47.8 Å². The third-order valence-corrected chi connectivity index (χ3v) is 7.26. The molecule has 1 aliphatic heterocycles. The number of aromatic nitrogens is 2. The Labute approximate surface area is 212 Å². The maximum absolute atomic E-state index is 13.2. The maximum atomic E-state index is 13.2. The lowest BCUT2D eigenvalue weighted by Gasteiger charge is -2.39. The summed E-state index contributed by atoms with van der Waals surface area (Å²) in [5.74, 6) is -3.07. The average Bonchev–Trinajstić information content (AvgIpc) is 3.34. The Kier molecular flexibility index (Phi) is 6.48. The van der Waals surface area contributed by atoms with E-state index in [0.29, 0.717) is 0 Å². The number of carbonyl (C=O) groups excluding carboxylic acids is 3. The van der Waals surface area contributed by atoms with Crippen LogP contribution >= 0.6 is 34.7 Å². The van der Waals surface area contributed by atoms with Gasteiger partial charge < -0.3 is 15.2 Å². The normalized spacial score (nSPS) is 17.3. The fourth-order valence-corrected chi connectivity index (χ4v) is 5.24. The van der Waals surface area contributed by atoms with E-state index < -0.39 is 33.5 Å². The molecule has 12 nitrogen and oxygen atoms in total. The molecule has 4 N–H and O–H groups in total. The topological polar surface area (TPSA) is 172 Å². The molecular formula is C19H16Cl2N6O6S2. The summed E-state index contributed by atoms with van der Waals surface area (Å²) >= 11 is 13.5. The number of rotatable bonds is 7. The number of halogens is 2. The molecule has 1 saturated heterocycles. The second-order valence-electron chi connectivity index (χ2n) is 7.46. The molecule has 1 aliphatic rings. The first-order chi connectivity index (χ1) is 16.4. The van der Waals surface area contributed by atoms with Crippen molar-refractivity contribution in [2.45, 2.75) is 19.4 Å². The molecule has 3 heterocycles. The molecule has 0 aliphatic carbocycles. The lowest BCUT2D eigenvalue weighted by atomic mass is 9.89. The minimum atomic E-state index is -4.47. The molecule has 35 heavy (non-hydrogen) atoms. The van der Waals surface area contributed by atoms with E-state index in [1.54, 1.807) is 17.7 Å². The number of β-lactam (4-membered cyclic amide) rings is 1. The molecule has 4 rings (SSSR count). The predicted octanol–water partition coefficient (Wildman–Crippen LogP) is 1.79. The van der Waals surface area contributed by atoms with Crippen LogP contribution in [0.3, 0.4) is 0 Å². The Bertz CT molecular complexity index is 1450. The van der Waals surface area contributed by atoms with Crippen LogP contribution in [0.25, 0.3) is 11.3 Å². The van der Waals surface area contributed by atoms with Crippen molar-refractivity contribution in [2.24, 2.45) is 0 Å². The third kappa shape index (κ3) is 4.69. The zero-order valence-corrected chi connectivity index (χ0v) is 21.1. The molecule has 1 unspecified atom stereocenters. The molecule has 1 aromatic carbocycles. The number of amides is 3. The maximum Gasteiger partial charge on any atom is 0.324 e. The molecule has 2 aromatic heterocycles. The molecule has 16 heteroatoms. The Morgan fingerprint density at radius 3 is 2.46 bits per heavy atom. The van der Waals surface area contributed by atoms with Gasteiger partial charge in [0.15, 0.2) is 5.82 Å². The van der Waals surface area contributed by atoms with Crippen LogP contribution in [0.1, 0.15) is 21.0 Å². The van der Waals surface area contributed by atoms with Gasteiger partial charge in [-0.05, 0) is 43.6 Å². The highest BCUT2D eigenvalue weighted by Gasteiger charge is 2.56. The highest BCUT2D eigenvalue weighted by atomic mass is 35.5. The average molecular weight is 559 g/mol. The second kappa shape index (κ2) is 9.11. The van der Waals surface area contributed by atoms with Crippen molar-refractivity contribution in [1.82, 2.24) is 24.9 Å². The smallest absolute Gasteiger partial charge is 0.324 e. The van der Waals surface area contributed by atoms with Gasteiger partial charge in [0.1, 0.15) is 17.0 Å². The summed E-state index contributed by atoms with van der Waals surface area (Å²) in [6, 6.07) is 6.12. The Morgan fingerprint density at radius 2 is 1.91 bits per heavy atom. The van der Waals surface area contributed by atoms with Gasteiger partial charge in [0.2, 0.25) is 5.54 Å². The number of hydrogen-bond acceptors (Lipinski definition) is 9. The molecule has 0 saturated carbocycles. The Morgan fingerprint density at radius 1 is 1.23 bits per heavy atom. The van der Waals surface area contributed by atoms with E-state index in [2.05, 4.69) is 24.9 Å². The summed E-state index contributed by atoms with van der Waals surface area (Å²) < 4.78 is 37.7. The summed E-state index contributed by atoms with van der Waals surface area (Å²) in [6.45, 7) is 2.79. The van der Waals surface area contributed by atoms with Crippen LogP contribution in [0.4, 0.5) is 5.82 Å². The standard InChI is InChI=1S/C19H16Cl2N6O6S2/c1-8-6-12(25-34-8)26-35(31,32)27-18(30)19(7-22-17(19)29)23-16(28)13-9(2)33-24-15(13)14-10(20)4-3-5-11(14)21/h3-6H,7H2,1-2H3,(H,22,29)(H,23,28)(H,25,26)(H,27,30). The van der Waals surface area contributed by atoms with E-state index in [1.165, 1.54) is 25.1 Å². The minimum absolute atomic E-state index is 0.00898. The molecule has 0 bridgehead atoms. The number of benzene rings is 1. The first-order valence-electron chi connectivity index (χ1n) is 9.73. The molecule has 0 radical (unpaired) electrons. The van der Waals surface area contributed by atoms with Crippen LogP contribution < -0.4 is 20.1 Å². The van der Waals surface area contributed by atoms with Gasteiger partial charge in [-0.1, -0.05) is 34.4 Å². The van der Waals surface area contributed by atoms with Crippen molar-refractivity contribution in [3.63, 3.8) is 0 Å². The van der Waals surface area contributed by atoms with Crippen molar-refractivity contribution in [1.29, 1.82) is 0 Å². The van der Waals surface area contributed by atoms with Gasteiger partial charge in [-0.25, -0.2) is 9.44 Å². The summed E-state index contributed by atoms with van der Waals surface area (Å²) in [6.07, 6.45) is 0. The number of nitrogens with one attached hydrogen (secondary N) is 4. The van der Waals surface area contributed by atoms with Gasteiger partial charge in [0.25, 0.3) is 17.7 Å². The van der Waals surface area contributed by atoms with Crippen LogP contribution in [-0.2, 0) is 19.8 Å². The summed E-state index contributed by atoms with van der Waals surface area (Å²) in [5, 5.41) is 8.86. The fraction of sp³-hybridized carbons (Fsp3) is 0.211. The van der Waals surface area contributed by atoms with Crippen LogP contribution in [0.5, 0.6) is 0 Å². The van der Waals surface area contributed by atoms with Crippen molar-refractivity contribution >= 4 is 68.5 Å². The lowest BCUT2D eigenvalue weighted by molar-refractivity contribution is -0.144. The van der Waals surface area contributed by atoms with Gasteiger partial charge in [0, 0.05) is 10.4 Å². The first-order valence-corrected chi connectivity index (χ1v) is 12.7. The Balaban J connectivity index is 1.61. The van der Waals surface area contributed by atoms with Gasteiger partial charge in [-0.15, -0.1) is 0 Å². The monoisotopic (exact) mass is 558 g/mol. The van der Waals surface area contributed by atoms with Gasteiger partial charge in [-0.3, -0.25) is 14.4 Å². The van der Waals surface area contributed by atoms with Crippen LogP contribution in [0, 0.1) is 13.8 Å². The lowest BCUT2D eigenvalue weighted by Crippen LogP contribution is -2.79. The summed E-state index contributed by atoms with van der Waals surface area (Å²) in [4.78, 5) is 39.3. The zero-order valence-electron chi connectivity index (χ0n) is 17.9. The number of aryl methyl sites for hydroxylation is 2. The fourth-order valence-electron chi connectivity index (χ4n) is 3.26. The van der Waals surface area contributed by atoms with E-state index in [0.717, 1.165) is 16.4 Å². The second-order valence-corrected chi connectivity index (χ2v) is 10.7. The van der Waals surface area contributed by atoms with E-state index in [4.69, 9.17) is 27.7 Å². The van der Waals surface area contributed by atoms with E-state index >= 15 is 0 Å². The molecule has 3 amide bonds. The minimum Gasteiger partial charge on any atom is -0.360 e. The highest BCUT2D eigenvalue weighted by molar-refractivity contribution is 7.91. The number of anilines is 1. The summed E-state index contributed by atoms with van der Waals surface area (Å²) in [5.41, 5.74) is -2.15. The van der Waals surface area contributed by atoms with E-state index in [1.807, 2.05) is 0 Å². The Hall–Kier alpha value is -3.20. The van der Waals surface area contributed by atoms with Crippen molar-refractivity contribution in [2.75, 3.05) is 11.3 Å². The van der Waals surface area contributed by atoms with E-state index in [-0.39, 0.29) is 45.0 Å². The van der Waals surface area contributed by atoms with Crippen molar-refractivity contribution in [3.8, 4) is 11.3 Å². The molecule has 3 aromatic rings. The molecule has 0 spiro atoms. The quantitative estimate of drug-likeness (QED) is 0.251. The van der Waals surface area contributed by atoms with E-state index in [9.17, 15) is 22.8 Å². The van der Waals surface area contributed by atoms with Crippen molar-refractivity contribution < 1.29 is 27.3 Å². The van der Waals surface area contributed by atoms with Crippen LogP contribution in [0.2, 0.25) is 10.0 Å². The molecular weight excluding hydrogens is 543 g/mol. The third-order valence-electron chi connectivity index (χ3n) is 5.00. The van der Waals surface area contributed by atoms with Crippen LogP contribution in [0.15, 0.2) is 28.8 Å². The van der Waals surface area contributed by atoms with Gasteiger partial charge in [0.05, 0.1) is 16.6 Å². The van der Waals surface area contributed by atoms with Gasteiger partial charge >= 0.3 is 10.2 Å². The molecule has 1 fully saturated rings. The highest BCUT2D eigenvalue weighted by Crippen LogP contribution is 2.37. The zero-order chi connectivity index (χ0) is 25.5. The van der Waals surface area contributed by atoms with Crippen molar-refractivity contribution in [3.05, 3.63) is 50.5 Å². The SMILES string of the molecule is Cc1cc(NS(=O)(=O)NC(=O)C2(NC(=O)c3c(-c4c(Cl)cccc4Cl)noc3C)CNC2=O)ns1. The predicted molar refractivity (Wildman–Crippen MR) is 127 cm³/mol. The largest absolute Gasteiger partial charge is 0.360 e. The summed E-state index contributed by atoms with van der Waals surface area (Å²) in [7, 11) is -4.47.